The van der Waals surface area contributed by atoms with Gasteiger partial charge in [0.2, 0.25) is 5.91 Å². The minimum atomic E-state index is -0.236. The first-order valence-electron chi connectivity index (χ1n) is 12.7. The van der Waals surface area contributed by atoms with Crippen LogP contribution in [-0.4, -0.2) is 31.0 Å². The molecule has 5 rings (SSSR count). The Morgan fingerprint density at radius 2 is 1.71 bits per heavy atom. The molecule has 7 nitrogen and oxygen atoms in total. The summed E-state index contributed by atoms with van der Waals surface area (Å²) in [6, 6.07) is 28.1. The Hall–Kier alpha value is -4.60. The number of hydrogen-bond acceptors (Lipinski definition) is 7. The van der Waals surface area contributed by atoms with Gasteiger partial charge in [-0.3, -0.25) is 9.59 Å². The summed E-state index contributed by atoms with van der Waals surface area (Å²) < 4.78 is 12.5. The number of carbonyl (C=O) groups excluding carboxylic acids is 2. The lowest BCUT2D eigenvalue weighted by Gasteiger charge is -2.12. The maximum atomic E-state index is 12.8. The van der Waals surface area contributed by atoms with Crippen molar-refractivity contribution in [3.05, 3.63) is 114 Å². The smallest absolute Gasteiger partial charge is 0.255 e. The van der Waals surface area contributed by atoms with Gasteiger partial charge in [-0.2, -0.15) is 0 Å². The lowest BCUT2D eigenvalue weighted by atomic mass is 10.1. The second kappa shape index (κ2) is 13.2. The average molecular weight is 582 g/mol. The van der Waals surface area contributed by atoms with Gasteiger partial charge in [0.25, 0.3) is 5.91 Å². The number of methoxy groups -OCH3 is 2. The first-order valence-corrected chi connectivity index (χ1v) is 14.5. The minimum Gasteiger partial charge on any atom is -0.497 e. The molecule has 0 atom stereocenters. The number of aromatic nitrogens is 1. The normalized spacial score (nSPS) is 11.0. The lowest BCUT2D eigenvalue weighted by Crippen LogP contribution is -2.12. The average Bonchev–Trinajstić information content (AvgIpc) is 3.42. The van der Waals surface area contributed by atoms with E-state index in [0.29, 0.717) is 28.5 Å². The van der Waals surface area contributed by atoms with Crippen LogP contribution in [-0.2, 0) is 10.5 Å². The zero-order valence-electron chi connectivity index (χ0n) is 22.4. The van der Waals surface area contributed by atoms with Gasteiger partial charge in [-0.25, -0.2) is 4.98 Å². The number of fused-ring (bicyclic) bond motifs is 1. The Balaban J connectivity index is 1.17. The summed E-state index contributed by atoms with van der Waals surface area (Å²) in [5.74, 6) is 1.46. The zero-order valence-corrected chi connectivity index (χ0v) is 24.1. The molecule has 0 unspecified atom stereocenters. The van der Waals surface area contributed by atoms with Crippen LogP contribution in [0.25, 0.3) is 16.3 Å². The number of benzene rings is 4. The summed E-state index contributed by atoms with van der Waals surface area (Å²) in [5, 5.41) is 5.80. The van der Waals surface area contributed by atoms with Crippen molar-refractivity contribution in [3.8, 4) is 11.5 Å². The Morgan fingerprint density at radius 3 is 2.46 bits per heavy atom. The lowest BCUT2D eigenvalue weighted by molar-refractivity contribution is -0.111. The third-order valence-electron chi connectivity index (χ3n) is 6.10. The molecule has 0 bridgehead atoms. The number of carbonyl (C=O) groups is 2. The summed E-state index contributed by atoms with van der Waals surface area (Å²) in [6.45, 7) is 0. The molecule has 0 aliphatic carbocycles. The summed E-state index contributed by atoms with van der Waals surface area (Å²) in [6.07, 6.45) is 3.31. The van der Waals surface area contributed by atoms with Crippen molar-refractivity contribution < 1.29 is 19.1 Å². The highest BCUT2D eigenvalue weighted by Crippen LogP contribution is 2.33. The molecule has 0 fully saturated rings. The molecule has 206 valence electrons. The first kappa shape index (κ1) is 27.9. The number of thioether (sulfide) groups is 1. The Bertz CT molecular complexity index is 1700. The highest BCUT2D eigenvalue weighted by Gasteiger charge is 2.12. The van der Waals surface area contributed by atoms with Crippen molar-refractivity contribution in [3.63, 3.8) is 0 Å². The molecule has 4 aromatic carbocycles. The number of ether oxygens (including phenoxy) is 2. The molecule has 0 spiro atoms. The fourth-order valence-corrected chi connectivity index (χ4v) is 6.03. The summed E-state index contributed by atoms with van der Waals surface area (Å²) in [4.78, 5) is 29.9. The largest absolute Gasteiger partial charge is 0.497 e. The van der Waals surface area contributed by atoms with E-state index in [1.54, 1.807) is 73.7 Å². The van der Waals surface area contributed by atoms with Gasteiger partial charge in [-0.1, -0.05) is 54.2 Å². The topological polar surface area (TPSA) is 89.6 Å². The number of thiazole rings is 1. The second-order valence-electron chi connectivity index (χ2n) is 8.90. The van der Waals surface area contributed by atoms with Gasteiger partial charge >= 0.3 is 0 Å². The second-order valence-corrected chi connectivity index (χ2v) is 11.2. The van der Waals surface area contributed by atoms with E-state index < -0.39 is 0 Å². The van der Waals surface area contributed by atoms with Crippen molar-refractivity contribution >= 4 is 62.6 Å². The van der Waals surface area contributed by atoms with E-state index in [1.807, 2.05) is 60.7 Å². The predicted molar refractivity (Wildman–Crippen MR) is 167 cm³/mol. The predicted octanol–water partition coefficient (Wildman–Crippen LogP) is 7.51. The van der Waals surface area contributed by atoms with Crippen LogP contribution >= 0.6 is 23.1 Å². The van der Waals surface area contributed by atoms with E-state index in [2.05, 4.69) is 10.6 Å². The van der Waals surface area contributed by atoms with Gasteiger partial charge in [0.05, 0.1) is 30.1 Å². The SMILES string of the molecule is COc1ccc(OC)c(NC(=O)c2ccc(CSc3nc4ccc(NC(=O)C=Cc5ccccc5)cc4s3)cc2)c1. The molecule has 0 saturated heterocycles. The molecule has 9 heteroatoms. The van der Waals surface area contributed by atoms with Crippen LogP contribution in [0.2, 0.25) is 0 Å². The van der Waals surface area contributed by atoms with Crippen LogP contribution in [0.4, 0.5) is 11.4 Å². The van der Waals surface area contributed by atoms with Crippen molar-refractivity contribution in [2.24, 2.45) is 0 Å². The van der Waals surface area contributed by atoms with Gasteiger partial charge in [-0.15, -0.1) is 11.3 Å². The van der Waals surface area contributed by atoms with Crippen LogP contribution in [0, 0.1) is 0 Å². The maximum Gasteiger partial charge on any atom is 0.255 e. The van der Waals surface area contributed by atoms with Crippen molar-refractivity contribution in [1.29, 1.82) is 0 Å². The standard InChI is InChI=1S/C32H27N3O4S2/c1-38-25-14-16-28(39-2)27(19-25)34-31(37)23-11-8-22(9-12-23)20-40-32-35-26-15-13-24(18-29(26)41-32)33-30(36)17-10-21-6-4-3-5-7-21/h3-19H,20H2,1-2H3,(H,33,36)(H,34,37). The van der Waals surface area contributed by atoms with Gasteiger partial charge in [-0.05, 0) is 59.7 Å². The Labute approximate surface area is 246 Å². The molecule has 2 amide bonds. The van der Waals surface area contributed by atoms with Crippen LogP contribution < -0.4 is 20.1 Å². The van der Waals surface area contributed by atoms with E-state index in [4.69, 9.17) is 14.5 Å². The quantitative estimate of drug-likeness (QED) is 0.131. The monoisotopic (exact) mass is 581 g/mol. The van der Waals surface area contributed by atoms with E-state index >= 15 is 0 Å². The zero-order chi connectivity index (χ0) is 28.6. The van der Waals surface area contributed by atoms with Gasteiger partial charge in [0.1, 0.15) is 11.5 Å². The molecule has 0 aliphatic heterocycles. The fourth-order valence-electron chi connectivity index (χ4n) is 3.97. The summed E-state index contributed by atoms with van der Waals surface area (Å²) in [5.41, 5.74) is 4.73. The fraction of sp³-hybridized carbons (Fsp3) is 0.0938. The van der Waals surface area contributed by atoms with Crippen LogP contribution in [0.1, 0.15) is 21.5 Å². The van der Waals surface area contributed by atoms with Crippen molar-refractivity contribution in [2.75, 3.05) is 24.9 Å². The molecule has 0 radical (unpaired) electrons. The Morgan fingerprint density at radius 1 is 0.902 bits per heavy atom. The van der Waals surface area contributed by atoms with Crippen molar-refractivity contribution in [1.82, 2.24) is 4.98 Å². The van der Waals surface area contributed by atoms with Gasteiger partial charge < -0.3 is 20.1 Å². The molecule has 0 aliphatic rings. The summed E-state index contributed by atoms with van der Waals surface area (Å²) in [7, 11) is 3.13. The number of amides is 2. The molecule has 2 N–H and O–H groups in total. The molecular formula is C32H27N3O4S2. The molecule has 1 aromatic heterocycles. The number of anilines is 2. The maximum absolute atomic E-state index is 12.8. The van der Waals surface area contributed by atoms with E-state index in [1.165, 1.54) is 6.08 Å². The van der Waals surface area contributed by atoms with E-state index in [0.717, 1.165) is 31.4 Å². The highest BCUT2D eigenvalue weighted by atomic mass is 32.2. The third-order valence-corrected chi connectivity index (χ3v) is 8.33. The third kappa shape index (κ3) is 7.33. The molecule has 41 heavy (non-hydrogen) atoms. The molecule has 0 saturated carbocycles. The summed E-state index contributed by atoms with van der Waals surface area (Å²) >= 11 is 3.21. The minimum absolute atomic E-state index is 0.188. The first-order chi connectivity index (χ1) is 20.0. The molecule has 1 heterocycles. The number of nitrogens with one attached hydrogen (secondary N) is 2. The molecular weight excluding hydrogens is 555 g/mol. The van der Waals surface area contributed by atoms with Crippen LogP contribution in [0.5, 0.6) is 11.5 Å². The van der Waals surface area contributed by atoms with Crippen LogP contribution in [0.15, 0.2) is 101 Å². The Kier molecular flexibility index (Phi) is 8.98. The van der Waals surface area contributed by atoms with Crippen LogP contribution in [0.3, 0.4) is 0 Å². The van der Waals surface area contributed by atoms with Gasteiger partial charge in [0, 0.05) is 29.1 Å². The van der Waals surface area contributed by atoms with E-state index in [-0.39, 0.29) is 11.8 Å². The number of hydrogen-bond donors (Lipinski definition) is 2. The molecule has 5 aromatic rings. The number of rotatable bonds is 10. The van der Waals surface area contributed by atoms with Gasteiger partial charge in [0.15, 0.2) is 4.34 Å². The van der Waals surface area contributed by atoms with Crippen molar-refractivity contribution in [2.45, 2.75) is 10.1 Å². The highest BCUT2D eigenvalue weighted by molar-refractivity contribution is 8.00. The number of nitrogens with zero attached hydrogens (tertiary/aromatic N) is 1. The van der Waals surface area contributed by atoms with E-state index in [9.17, 15) is 9.59 Å².